The largest absolute Gasteiger partial charge is 0.418 e. The van der Waals surface area contributed by atoms with Crippen LogP contribution < -0.4 is 11.5 Å². The highest BCUT2D eigenvalue weighted by atomic mass is 32.3. The predicted octanol–water partition coefficient (Wildman–Crippen LogP) is -0.267. The standard InChI is InChI=1S/C13H19N7O5S2/c14-12(15)16-7-3-6(4-7)10-17-18-11(26-10)9-2-1-8-5-19(9)13(21)20(8)25-27(22,23)24/h6-9H,1-5H2,(H4,14,15,16)(H,22,23,24). The molecule has 1 aromatic rings. The molecule has 1 aliphatic carbocycles. The van der Waals surface area contributed by atoms with Gasteiger partial charge in [-0.1, -0.05) is 11.3 Å². The second kappa shape index (κ2) is 6.54. The molecule has 148 valence electrons. The molecule has 2 bridgehead atoms. The Morgan fingerprint density at radius 2 is 1.96 bits per heavy atom. The van der Waals surface area contributed by atoms with E-state index in [0.29, 0.717) is 24.4 Å². The zero-order valence-electron chi connectivity index (χ0n) is 14.1. The molecule has 4 rings (SSSR count). The number of carbonyl (C=O) groups is 1. The average molecular weight is 417 g/mol. The molecule has 2 atom stereocenters. The number of nitrogens with zero attached hydrogens (tertiary/aromatic N) is 5. The Morgan fingerprint density at radius 1 is 1.26 bits per heavy atom. The lowest BCUT2D eigenvalue weighted by molar-refractivity contribution is -0.0317. The number of fused-ring (bicyclic) bond motifs is 2. The van der Waals surface area contributed by atoms with Crippen LogP contribution in [0.15, 0.2) is 4.99 Å². The molecule has 14 heteroatoms. The number of carbonyl (C=O) groups excluding carboxylic acids is 1. The van der Waals surface area contributed by atoms with Crippen LogP contribution in [0.5, 0.6) is 0 Å². The molecule has 3 heterocycles. The van der Waals surface area contributed by atoms with Crippen molar-refractivity contribution in [2.24, 2.45) is 16.5 Å². The molecule has 1 aromatic heterocycles. The third kappa shape index (κ3) is 3.56. The van der Waals surface area contributed by atoms with Crippen LogP contribution >= 0.6 is 11.3 Å². The molecule has 5 N–H and O–H groups in total. The smallest absolute Gasteiger partial charge is 0.370 e. The highest BCUT2D eigenvalue weighted by Crippen LogP contribution is 2.44. The molecular weight excluding hydrogens is 398 g/mol. The molecule has 2 amide bonds. The number of aromatic nitrogens is 2. The van der Waals surface area contributed by atoms with E-state index in [4.69, 9.17) is 16.0 Å². The minimum Gasteiger partial charge on any atom is -0.370 e. The van der Waals surface area contributed by atoms with E-state index in [-0.39, 0.29) is 24.0 Å². The van der Waals surface area contributed by atoms with Gasteiger partial charge in [0.25, 0.3) is 0 Å². The number of hydrogen-bond donors (Lipinski definition) is 3. The summed E-state index contributed by atoms with van der Waals surface area (Å²) in [6, 6.07) is -1.21. The highest BCUT2D eigenvalue weighted by molar-refractivity contribution is 7.80. The van der Waals surface area contributed by atoms with E-state index >= 15 is 0 Å². The van der Waals surface area contributed by atoms with Gasteiger partial charge in [0.05, 0.1) is 18.1 Å². The molecule has 3 aliphatic rings. The van der Waals surface area contributed by atoms with Crippen LogP contribution in [-0.2, 0) is 14.7 Å². The molecule has 2 saturated heterocycles. The molecule has 2 aliphatic heterocycles. The van der Waals surface area contributed by atoms with Crippen LogP contribution in [-0.4, -0.2) is 63.8 Å². The first-order valence-corrected chi connectivity index (χ1v) is 10.6. The van der Waals surface area contributed by atoms with Crippen molar-refractivity contribution in [3.8, 4) is 0 Å². The summed E-state index contributed by atoms with van der Waals surface area (Å²) in [5, 5.41) is 10.8. The Labute approximate surface area is 159 Å². The first-order valence-electron chi connectivity index (χ1n) is 8.40. The van der Waals surface area contributed by atoms with Crippen molar-refractivity contribution in [1.82, 2.24) is 20.2 Å². The molecule has 12 nitrogen and oxygen atoms in total. The summed E-state index contributed by atoms with van der Waals surface area (Å²) in [6.07, 6.45) is 2.75. The van der Waals surface area contributed by atoms with Gasteiger partial charge in [0.2, 0.25) is 0 Å². The average Bonchev–Trinajstić information content (AvgIpc) is 3.10. The molecule has 2 unspecified atom stereocenters. The fourth-order valence-corrected chi connectivity index (χ4v) is 5.25. The van der Waals surface area contributed by atoms with Crippen molar-refractivity contribution in [2.45, 2.75) is 49.7 Å². The minimum atomic E-state index is -4.75. The van der Waals surface area contributed by atoms with Crippen molar-refractivity contribution in [3.63, 3.8) is 0 Å². The summed E-state index contributed by atoms with van der Waals surface area (Å²) in [6.45, 7) is 0.309. The Bertz CT molecular complexity index is 877. The number of hydrogen-bond acceptors (Lipinski definition) is 8. The molecule has 27 heavy (non-hydrogen) atoms. The summed E-state index contributed by atoms with van der Waals surface area (Å²) in [5.74, 6) is 0.326. The zero-order chi connectivity index (χ0) is 19.3. The topological polar surface area (TPSA) is 177 Å². The summed E-state index contributed by atoms with van der Waals surface area (Å²) in [5.41, 5.74) is 10.8. The van der Waals surface area contributed by atoms with Gasteiger partial charge in [-0.05, 0) is 25.7 Å². The van der Waals surface area contributed by atoms with Gasteiger partial charge in [0.1, 0.15) is 10.0 Å². The van der Waals surface area contributed by atoms with E-state index in [2.05, 4.69) is 19.5 Å². The maximum atomic E-state index is 12.5. The third-order valence-electron chi connectivity index (χ3n) is 5.03. The van der Waals surface area contributed by atoms with Gasteiger partial charge in [-0.3, -0.25) is 9.55 Å². The summed E-state index contributed by atoms with van der Waals surface area (Å²) < 4.78 is 35.2. The normalized spacial score (nSPS) is 30.3. The van der Waals surface area contributed by atoms with Gasteiger partial charge in [-0.2, -0.15) is 13.5 Å². The van der Waals surface area contributed by atoms with Crippen molar-refractivity contribution in [1.29, 1.82) is 0 Å². The predicted molar refractivity (Wildman–Crippen MR) is 93.8 cm³/mol. The maximum absolute atomic E-state index is 12.5. The SMILES string of the molecule is NC(N)=NC1CC(c2nnc(C3CCC4CN3C(=O)N4OS(=O)(=O)O)s2)C1. The lowest BCUT2D eigenvalue weighted by Gasteiger charge is -2.30. The highest BCUT2D eigenvalue weighted by Gasteiger charge is 2.48. The number of piperidine rings is 1. The molecule has 0 radical (unpaired) electrons. The first-order chi connectivity index (χ1) is 12.7. The summed E-state index contributed by atoms with van der Waals surface area (Å²) in [4.78, 5) is 18.1. The monoisotopic (exact) mass is 417 g/mol. The second-order valence-corrected chi connectivity index (χ2v) is 8.91. The Balaban J connectivity index is 1.44. The molecular formula is C13H19N7O5S2. The summed E-state index contributed by atoms with van der Waals surface area (Å²) >= 11 is 1.44. The lowest BCUT2D eigenvalue weighted by Crippen LogP contribution is -2.35. The fourth-order valence-electron chi connectivity index (χ4n) is 3.74. The number of rotatable bonds is 5. The maximum Gasteiger partial charge on any atom is 0.418 e. The zero-order valence-corrected chi connectivity index (χ0v) is 15.8. The van der Waals surface area contributed by atoms with E-state index in [9.17, 15) is 13.2 Å². The van der Waals surface area contributed by atoms with Gasteiger partial charge in [-0.25, -0.2) is 4.79 Å². The van der Waals surface area contributed by atoms with Crippen molar-refractivity contribution in [2.75, 3.05) is 6.54 Å². The van der Waals surface area contributed by atoms with Crippen LogP contribution in [0, 0.1) is 0 Å². The van der Waals surface area contributed by atoms with Crippen molar-refractivity contribution < 1.29 is 22.0 Å². The van der Waals surface area contributed by atoms with Crippen LogP contribution in [0.1, 0.15) is 47.7 Å². The van der Waals surface area contributed by atoms with E-state index in [1.54, 1.807) is 0 Å². The number of urea groups is 1. The first kappa shape index (κ1) is 18.3. The molecule has 0 spiro atoms. The quantitative estimate of drug-likeness (QED) is 0.330. The third-order valence-corrected chi connectivity index (χ3v) is 6.57. The van der Waals surface area contributed by atoms with Crippen LogP contribution in [0.3, 0.4) is 0 Å². The number of guanidine groups is 1. The Morgan fingerprint density at radius 3 is 2.63 bits per heavy atom. The summed E-state index contributed by atoms with van der Waals surface area (Å²) in [7, 11) is -4.75. The minimum absolute atomic E-state index is 0.0809. The molecule has 3 fully saturated rings. The second-order valence-electron chi connectivity index (χ2n) is 6.86. The van der Waals surface area contributed by atoms with Gasteiger partial charge in [0.15, 0.2) is 5.96 Å². The number of hydroxylamine groups is 2. The van der Waals surface area contributed by atoms with Gasteiger partial charge >= 0.3 is 16.4 Å². The van der Waals surface area contributed by atoms with Gasteiger partial charge < -0.3 is 16.4 Å². The van der Waals surface area contributed by atoms with Gasteiger partial charge in [-0.15, -0.1) is 14.5 Å². The van der Waals surface area contributed by atoms with Crippen LogP contribution in [0.4, 0.5) is 4.79 Å². The van der Waals surface area contributed by atoms with E-state index < -0.39 is 22.5 Å². The van der Waals surface area contributed by atoms with Crippen LogP contribution in [0.2, 0.25) is 0 Å². The number of aliphatic imine (C=N–C) groups is 1. The Hall–Kier alpha value is -2.03. The van der Waals surface area contributed by atoms with Gasteiger partial charge in [0, 0.05) is 12.5 Å². The molecule has 1 saturated carbocycles. The number of nitrogens with two attached hydrogens (primary N) is 2. The van der Waals surface area contributed by atoms with E-state index in [0.717, 1.165) is 22.9 Å². The molecule has 0 aromatic carbocycles. The van der Waals surface area contributed by atoms with Crippen molar-refractivity contribution >= 4 is 33.7 Å². The fraction of sp³-hybridized carbons (Fsp3) is 0.692. The lowest BCUT2D eigenvalue weighted by atomic mass is 9.81. The van der Waals surface area contributed by atoms with Crippen molar-refractivity contribution in [3.05, 3.63) is 10.0 Å². The Kier molecular flexibility index (Phi) is 4.44. The van der Waals surface area contributed by atoms with E-state index in [1.807, 2.05) is 0 Å². The number of amides is 2. The van der Waals surface area contributed by atoms with E-state index in [1.165, 1.54) is 16.2 Å². The van der Waals surface area contributed by atoms with Crippen LogP contribution in [0.25, 0.3) is 0 Å².